The molecule has 1 atom stereocenters. The lowest BCUT2D eigenvalue weighted by molar-refractivity contribution is -0.172. The largest absolute Gasteiger partial charge is 0.481 e. The van der Waals surface area contributed by atoms with E-state index in [0.29, 0.717) is 12.8 Å². The predicted molar refractivity (Wildman–Crippen MR) is 90.9 cm³/mol. The van der Waals surface area contributed by atoms with Crippen molar-refractivity contribution in [2.24, 2.45) is 5.92 Å². The molecule has 0 aromatic rings. The molecule has 24 heavy (non-hydrogen) atoms. The summed E-state index contributed by atoms with van der Waals surface area (Å²) >= 11 is 0. The van der Waals surface area contributed by atoms with Gasteiger partial charge in [0.25, 0.3) is 0 Å². The maximum absolute atomic E-state index is 12.6. The molecule has 0 aromatic carbocycles. The summed E-state index contributed by atoms with van der Waals surface area (Å²) in [7, 11) is 0. The van der Waals surface area contributed by atoms with E-state index < -0.39 is 35.7 Å². The van der Waals surface area contributed by atoms with Crippen LogP contribution in [0.15, 0.2) is 0 Å². The molecule has 0 aliphatic rings. The van der Waals surface area contributed by atoms with Crippen molar-refractivity contribution in [2.45, 2.75) is 90.1 Å². The fourth-order valence-electron chi connectivity index (χ4n) is 2.87. The Labute approximate surface area is 144 Å². The average Bonchev–Trinajstić information content (AvgIpc) is 2.51. The molecule has 140 valence electrons. The Kier molecular flexibility index (Phi) is 11.3. The van der Waals surface area contributed by atoms with Gasteiger partial charge in [0, 0.05) is 5.92 Å². The van der Waals surface area contributed by atoms with E-state index in [1.165, 1.54) is 0 Å². The Hall–Kier alpha value is -1.43. The number of hydrogen-bond acceptors (Lipinski definition) is 4. The summed E-state index contributed by atoms with van der Waals surface area (Å²) < 4.78 is 0. The Morgan fingerprint density at radius 3 is 1.62 bits per heavy atom. The van der Waals surface area contributed by atoms with Crippen LogP contribution in [0.5, 0.6) is 0 Å². The summed E-state index contributed by atoms with van der Waals surface area (Å²) in [5.74, 6) is -4.73. The molecule has 0 saturated carbocycles. The molecule has 6 heteroatoms. The quantitative estimate of drug-likeness (QED) is 0.310. The molecular formula is C18H32O6. The van der Waals surface area contributed by atoms with Crippen molar-refractivity contribution in [1.29, 1.82) is 0 Å². The van der Waals surface area contributed by atoms with Gasteiger partial charge in [0.2, 0.25) is 5.60 Å². The van der Waals surface area contributed by atoms with Gasteiger partial charge in [0.05, 0.1) is 6.42 Å². The fourth-order valence-corrected chi connectivity index (χ4v) is 2.87. The van der Waals surface area contributed by atoms with Gasteiger partial charge in [-0.25, -0.2) is 4.79 Å². The van der Waals surface area contributed by atoms with E-state index >= 15 is 0 Å². The van der Waals surface area contributed by atoms with Crippen LogP contribution in [0.4, 0.5) is 0 Å². The van der Waals surface area contributed by atoms with Crippen LogP contribution < -0.4 is 0 Å². The normalized spacial score (nSPS) is 13.7. The van der Waals surface area contributed by atoms with Gasteiger partial charge in [0.1, 0.15) is 0 Å². The molecule has 1 unspecified atom stereocenters. The number of aliphatic carboxylic acids is 2. The highest BCUT2D eigenvalue weighted by molar-refractivity contribution is 6.09. The number of carbonyl (C=O) groups excluding carboxylic acids is 1. The Morgan fingerprint density at radius 2 is 1.29 bits per heavy atom. The highest BCUT2D eigenvalue weighted by Crippen LogP contribution is 2.26. The third-order valence-electron chi connectivity index (χ3n) is 4.35. The summed E-state index contributed by atoms with van der Waals surface area (Å²) in [5.41, 5.74) is -2.83. The molecule has 0 aliphatic heterocycles. The molecule has 0 bridgehead atoms. The molecule has 6 nitrogen and oxygen atoms in total. The standard InChI is InChI=1S/C18H32O6/c1-3-5-7-9-11-14(12-10-8-6-4-2)16(21)18(24,17(22)23)13-15(19)20/h14,24H,3-13H2,1-2H3,(H,19,20)(H,22,23). The number of aliphatic hydroxyl groups is 1. The van der Waals surface area contributed by atoms with Crippen molar-refractivity contribution in [1.82, 2.24) is 0 Å². The van der Waals surface area contributed by atoms with Crippen LogP contribution in [0.3, 0.4) is 0 Å². The number of hydrogen-bond donors (Lipinski definition) is 3. The molecule has 0 radical (unpaired) electrons. The SMILES string of the molecule is CCCCCCC(CCCCCC)C(=O)C(O)(CC(=O)O)C(=O)O. The maximum Gasteiger partial charge on any atom is 0.344 e. The maximum atomic E-state index is 12.6. The monoisotopic (exact) mass is 344 g/mol. The molecular weight excluding hydrogens is 312 g/mol. The molecule has 0 fully saturated rings. The smallest absolute Gasteiger partial charge is 0.344 e. The second kappa shape index (κ2) is 12.0. The number of carbonyl (C=O) groups is 3. The first-order valence-electron chi connectivity index (χ1n) is 9.01. The average molecular weight is 344 g/mol. The van der Waals surface area contributed by atoms with Gasteiger partial charge in [-0.2, -0.15) is 0 Å². The topological polar surface area (TPSA) is 112 Å². The van der Waals surface area contributed by atoms with Crippen LogP contribution in [0, 0.1) is 5.92 Å². The minimum Gasteiger partial charge on any atom is -0.481 e. The molecule has 0 spiro atoms. The molecule has 0 saturated heterocycles. The number of ketones is 1. The van der Waals surface area contributed by atoms with E-state index in [4.69, 9.17) is 5.11 Å². The zero-order chi connectivity index (χ0) is 18.6. The summed E-state index contributed by atoms with van der Waals surface area (Å²) in [4.78, 5) is 34.8. The van der Waals surface area contributed by atoms with Gasteiger partial charge in [-0.3, -0.25) is 9.59 Å². The van der Waals surface area contributed by atoms with E-state index in [0.717, 1.165) is 51.4 Å². The van der Waals surface area contributed by atoms with Crippen molar-refractivity contribution >= 4 is 17.7 Å². The summed E-state index contributed by atoms with van der Waals surface area (Å²) in [6.07, 6.45) is 7.52. The van der Waals surface area contributed by atoms with E-state index in [9.17, 15) is 24.6 Å². The molecule has 3 N–H and O–H groups in total. The minimum atomic E-state index is -2.83. The van der Waals surface area contributed by atoms with Crippen LogP contribution in [0.2, 0.25) is 0 Å². The van der Waals surface area contributed by atoms with Crippen LogP contribution in [0.1, 0.15) is 84.5 Å². The molecule has 0 heterocycles. The predicted octanol–water partition coefficient (Wildman–Crippen LogP) is 3.40. The second-order valence-electron chi connectivity index (χ2n) is 6.50. The lowest BCUT2D eigenvalue weighted by Crippen LogP contribution is -2.51. The van der Waals surface area contributed by atoms with Crippen molar-refractivity contribution in [3.8, 4) is 0 Å². The highest BCUT2D eigenvalue weighted by Gasteiger charge is 2.48. The first-order valence-corrected chi connectivity index (χ1v) is 9.01. The zero-order valence-electron chi connectivity index (χ0n) is 14.9. The van der Waals surface area contributed by atoms with E-state index in [1.807, 2.05) is 0 Å². The third kappa shape index (κ3) is 7.90. The van der Waals surface area contributed by atoms with Gasteiger partial charge in [-0.05, 0) is 12.8 Å². The third-order valence-corrected chi connectivity index (χ3v) is 4.35. The van der Waals surface area contributed by atoms with Crippen LogP contribution in [-0.4, -0.2) is 38.6 Å². The lowest BCUT2D eigenvalue weighted by Gasteiger charge is -2.26. The van der Waals surface area contributed by atoms with Gasteiger partial charge in [0.15, 0.2) is 5.78 Å². The Morgan fingerprint density at radius 1 is 0.833 bits per heavy atom. The van der Waals surface area contributed by atoms with Crippen molar-refractivity contribution < 1.29 is 29.7 Å². The first-order chi connectivity index (χ1) is 11.3. The van der Waals surface area contributed by atoms with Crippen LogP contribution in [-0.2, 0) is 14.4 Å². The number of carboxylic acid groups (broad SMARTS) is 2. The van der Waals surface area contributed by atoms with Gasteiger partial charge in [-0.1, -0.05) is 65.2 Å². The van der Waals surface area contributed by atoms with Crippen molar-refractivity contribution in [2.75, 3.05) is 0 Å². The summed E-state index contributed by atoms with van der Waals surface area (Å²) in [6.45, 7) is 4.15. The molecule has 0 rings (SSSR count). The number of unbranched alkanes of at least 4 members (excludes halogenated alkanes) is 6. The highest BCUT2D eigenvalue weighted by atomic mass is 16.4. The van der Waals surface area contributed by atoms with Gasteiger partial charge in [-0.15, -0.1) is 0 Å². The molecule has 0 aliphatic carbocycles. The van der Waals surface area contributed by atoms with Gasteiger partial charge < -0.3 is 15.3 Å². The summed E-state index contributed by atoms with van der Waals surface area (Å²) in [6, 6.07) is 0. The number of rotatable bonds is 15. The first kappa shape index (κ1) is 22.6. The molecule has 0 aromatic heterocycles. The van der Waals surface area contributed by atoms with Gasteiger partial charge >= 0.3 is 11.9 Å². The van der Waals surface area contributed by atoms with Crippen LogP contribution >= 0.6 is 0 Å². The van der Waals surface area contributed by atoms with E-state index in [-0.39, 0.29) is 0 Å². The minimum absolute atomic E-state index is 0.500. The van der Waals surface area contributed by atoms with E-state index in [2.05, 4.69) is 13.8 Å². The summed E-state index contributed by atoms with van der Waals surface area (Å²) in [5, 5.41) is 28.2. The second-order valence-corrected chi connectivity index (χ2v) is 6.50. The fraction of sp³-hybridized carbons (Fsp3) is 0.833. The number of Topliss-reactive ketones (excluding diaryl/α,β-unsaturated/α-hetero) is 1. The Balaban J connectivity index is 5.00. The number of carboxylic acids is 2. The van der Waals surface area contributed by atoms with Crippen LogP contribution in [0.25, 0.3) is 0 Å². The lowest BCUT2D eigenvalue weighted by atomic mass is 9.81. The van der Waals surface area contributed by atoms with Crippen molar-refractivity contribution in [3.05, 3.63) is 0 Å². The Bertz CT molecular complexity index is 394. The molecule has 0 amide bonds. The van der Waals surface area contributed by atoms with E-state index in [1.54, 1.807) is 0 Å². The van der Waals surface area contributed by atoms with Crippen molar-refractivity contribution in [3.63, 3.8) is 0 Å². The zero-order valence-corrected chi connectivity index (χ0v) is 14.9.